The summed E-state index contributed by atoms with van der Waals surface area (Å²) in [7, 11) is 1.45. The molecule has 2 heterocycles. The van der Waals surface area contributed by atoms with Crippen LogP contribution in [0.1, 0.15) is 11.3 Å². The fourth-order valence-electron chi connectivity index (χ4n) is 2.75. The molecule has 0 fully saturated rings. The van der Waals surface area contributed by atoms with Gasteiger partial charge in [-0.1, -0.05) is 12.1 Å². The lowest BCUT2D eigenvalue weighted by Crippen LogP contribution is -2.12. The second-order valence-electron chi connectivity index (χ2n) is 5.62. The summed E-state index contributed by atoms with van der Waals surface area (Å²) in [6, 6.07) is 7.39. The van der Waals surface area contributed by atoms with E-state index in [1.165, 1.54) is 14.0 Å². The van der Waals surface area contributed by atoms with Crippen LogP contribution in [0.3, 0.4) is 0 Å². The molecule has 0 saturated carbocycles. The number of rotatable bonds is 4. The van der Waals surface area contributed by atoms with Crippen LogP contribution < -0.4 is 4.74 Å². The summed E-state index contributed by atoms with van der Waals surface area (Å²) in [5.41, 5.74) is -0.502. The highest BCUT2D eigenvalue weighted by Crippen LogP contribution is 2.38. The SMILES string of the molecule is COc1cccc(-c2cc(C(F)(F)F)c3c(C)nn(CC(=O)O)c3n2)c1. The number of nitrogens with zero attached hydrogens (tertiary/aromatic N) is 3. The maximum atomic E-state index is 13.6. The van der Waals surface area contributed by atoms with Crippen molar-refractivity contribution in [3.63, 3.8) is 0 Å². The Morgan fingerprint density at radius 3 is 2.65 bits per heavy atom. The Morgan fingerprint density at radius 2 is 2.04 bits per heavy atom. The van der Waals surface area contributed by atoms with E-state index in [0.29, 0.717) is 11.3 Å². The molecular formula is C17H14F3N3O3. The van der Waals surface area contributed by atoms with E-state index in [0.717, 1.165) is 10.7 Å². The van der Waals surface area contributed by atoms with Gasteiger partial charge in [0.2, 0.25) is 0 Å². The van der Waals surface area contributed by atoms with Crippen molar-refractivity contribution < 1.29 is 27.8 Å². The molecular weight excluding hydrogens is 351 g/mol. The minimum absolute atomic E-state index is 0.0512. The van der Waals surface area contributed by atoms with Crippen LogP contribution in [0, 0.1) is 6.92 Å². The van der Waals surface area contributed by atoms with Crippen LogP contribution in [0.2, 0.25) is 0 Å². The van der Waals surface area contributed by atoms with Gasteiger partial charge in [-0.15, -0.1) is 0 Å². The molecule has 0 spiro atoms. The molecule has 0 amide bonds. The van der Waals surface area contributed by atoms with Crippen molar-refractivity contribution in [2.24, 2.45) is 0 Å². The Kier molecular flexibility index (Phi) is 4.31. The molecule has 2 aromatic heterocycles. The van der Waals surface area contributed by atoms with Crippen LogP contribution in [0.5, 0.6) is 5.75 Å². The summed E-state index contributed by atoms with van der Waals surface area (Å²) in [6.07, 6.45) is -4.64. The van der Waals surface area contributed by atoms with Crippen molar-refractivity contribution in [1.29, 1.82) is 0 Å². The molecule has 3 rings (SSSR count). The molecule has 0 atom stereocenters. The van der Waals surface area contributed by atoms with E-state index in [9.17, 15) is 18.0 Å². The highest BCUT2D eigenvalue weighted by Gasteiger charge is 2.35. The zero-order valence-electron chi connectivity index (χ0n) is 13.8. The van der Waals surface area contributed by atoms with Gasteiger partial charge in [0.25, 0.3) is 0 Å². The third-order valence-electron chi connectivity index (χ3n) is 3.83. The van der Waals surface area contributed by atoms with Crippen molar-refractivity contribution in [1.82, 2.24) is 14.8 Å². The van der Waals surface area contributed by atoms with Gasteiger partial charge in [-0.25, -0.2) is 9.67 Å². The molecule has 6 nitrogen and oxygen atoms in total. The number of benzene rings is 1. The number of aryl methyl sites for hydroxylation is 1. The van der Waals surface area contributed by atoms with Crippen LogP contribution in [0.4, 0.5) is 13.2 Å². The highest BCUT2D eigenvalue weighted by atomic mass is 19.4. The smallest absolute Gasteiger partial charge is 0.417 e. The number of carboxylic acid groups (broad SMARTS) is 1. The minimum Gasteiger partial charge on any atom is -0.497 e. The zero-order valence-corrected chi connectivity index (χ0v) is 13.8. The largest absolute Gasteiger partial charge is 0.497 e. The number of ether oxygens (including phenoxy) is 1. The standard InChI is InChI=1S/C17H14F3N3O3/c1-9-15-12(17(18,19)20)7-13(10-4-3-5-11(6-10)26-2)21-16(15)23(22-9)8-14(24)25/h3-7H,8H2,1-2H3,(H,24,25). The normalized spacial score (nSPS) is 11.7. The van der Waals surface area contributed by atoms with Crippen LogP contribution >= 0.6 is 0 Å². The molecule has 0 unspecified atom stereocenters. The van der Waals surface area contributed by atoms with Gasteiger partial charge in [0.05, 0.1) is 29.4 Å². The number of fused-ring (bicyclic) bond motifs is 1. The van der Waals surface area contributed by atoms with E-state index in [1.807, 2.05) is 0 Å². The van der Waals surface area contributed by atoms with Gasteiger partial charge in [0.15, 0.2) is 5.65 Å². The first-order valence-electron chi connectivity index (χ1n) is 7.52. The van der Waals surface area contributed by atoms with Crippen LogP contribution in [0.25, 0.3) is 22.3 Å². The number of halogens is 3. The topological polar surface area (TPSA) is 77.2 Å². The summed E-state index contributed by atoms with van der Waals surface area (Å²) in [5, 5.41) is 12.7. The van der Waals surface area contributed by atoms with Gasteiger partial charge in [0, 0.05) is 5.56 Å². The Bertz CT molecular complexity index is 996. The number of methoxy groups -OCH3 is 1. The van der Waals surface area contributed by atoms with Crippen LogP contribution in [0.15, 0.2) is 30.3 Å². The molecule has 3 aromatic rings. The number of aromatic nitrogens is 3. The number of carbonyl (C=O) groups is 1. The van der Waals surface area contributed by atoms with Crippen molar-refractivity contribution in [2.45, 2.75) is 19.6 Å². The Labute approximate surface area is 145 Å². The molecule has 1 aromatic carbocycles. The van der Waals surface area contributed by atoms with Crippen molar-refractivity contribution in [3.8, 4) is 17.0 Å². The van der Waals surface area contributed by atoms with E-state index in [-0.39, 0.29) is 22.4 Å². The summed E-state index contributed by atoms with van der Waals surface area (Å²) in [5.74, 6) is -0.760. The van der Waals surface area contributed by atoms with Crippen LogP contribution in [-0.4, -0.2) is 33.0 Å². The first-order chi connectivity index (χ1) is 12.2. The molecule has 26 heavy (non-hydrogen) atoms. The maximum Gasteiger partial charge on any atom is 0.417 e. The number of hydrogen-bond donors (Lipinski definition) is 1. The summed E-state index contributed by atoms with van der Waals surface area (Å²) in [4.78, 5) is 15.3. The van der Waals surface area contributed by atoms with Gasteiger partial charge in [-0.05, 0) is 25.1 Å². The van der Waals surface area contributed by atoms with Gasteiger partial charge in [-0.2, -0.15) is 18.3 Å². The Morgan fingerprint density at radius 1 is 1.31 bits per heavy atom. The first-order valence-corrected chi connectivity index (χ1v) is 7.52. The molecule has 0 aliphatic rings. The number of pyridine rings is 1. The predicted molar refractivity (Wildman–Crippen MR) is 86.9 cm³/mol. The van der Waals surface area contributed by atoms with E-state index < -0.39 is 24.3 Å². The lowest BCUT2D eigenvalue weighted by Gasteiger charge is -2.12. The quantitative estimate of drug-likeness (QED) is 0.766. The summed E-state index contributed by atoms with van der Waals surface area (Å²) >= 11 is 0. The molecule has 9 heteroatoms. The van der Waals surface area contributed by atoms with E-state index >= 15 is 0 Å². The Hall–Kier alpha value is -3.10. The van der Waals surface area contributed by atoms with Gasteiger partial charge in [0.1, 0.15) is 12.3 Å². The molecule has 0 aliphatic heterocycles. The first kappa shape index (κ1) is 17.7. The van der Waals surface area contributed by atoms with Crippen molar-refractivity contribution >= 4 is 17.0 Å². The third kappa shape index (κ3) is 3.19. The molecule has 1 N–H and O–H groups in total. The fraction of sp³-hybridized carbons (Fsp3) is 0.235. The van der Waals surface area contributed by atoms with Crippen molar-refractivity contribution in [2.75, 3.05) is 7.11 Å². The average molecular weight is 365 g/mol. The van der Waals surface area contributed by atoms with Crippen molar-refractivity contribution in [3.05, 3.63) is 41.6 Å². The highest BCUT2D eigenvalue weighted by molar-refractivity contribution is 5.86. The predicted octanol–water partition coefficient (Wildman–Crippen LogP) is 3.52. The molecule has 0 bridgehead atoms. The molecule has 136 valence electrons. The lowest BCUT2D eigenvalue weighted by atomic mass is 10.0. The van der Waals surface area contributed by atoms with Gasteiger partial charge in [-0.3, -0.25) is 4.79 Å². The number of aliphatic carboxylic acids is 1. The lowest BCUT2D eigenvalue weighted by molar-refractivity contribution is -0.138. The van der Waals surface area contributed by atoms with E-state index in [2.05, 4.69) is 10.1 Å². The summed E-state index contributed by atoms with van der Waals surface area (Å²) < 4.78 is 46.9. The number of alkyl halides is 3. The average Bonchev–Trinajstić information content (AvgIpc) is 2.88. The van der Waals surface area contributed by atoms with Gasteiger partial charge < -0.3 is 9.84 Å². The fourth-order valence-corrected chi connectivity index (χ4v) is 2.75. The Balaban J connectivity index is 2.32. The monoisotopic (exact) mass is 365 g/mol. The molecule has 0 radical (unpaired) electrons. The number of carboxylic acids is 1. The van der Waals surface area contributed by atoms with E-state index in [1.54, 1.807) is 24.3 Å². The molecule has 0 aliphatic carbocycles. The number of hydrogen-bond acceptors (Lipinski definition) is 4. The minimum atomic E-state index is -4.64. The maximum absolute atomic E-state index is 13.6. The molecule has 0 saturated heterocycles. The van der Waals surface area contributed by atoms with Crippen LogP contribution in [-0.2, 0) is 17.5 Å². The second kappa shape index (κ2) is 6.32. The summed E-state index contributed by atoms with van der Waals surface area (Å²) in [6.45, 7) is 0.805. The zero-order chi connectivity index (χ0) is 19.1. The second-order valence-corrected chi connectivity index (χ2v) is 5.62. The van der Waals surface area contributed by atoms with E-state index in [4.69, 9.17) is 9.84 Å². The third-order valence-corrected chi connectivity index (χ3v) is 3.83. The van der Waals surface area contributed by atoms with Gasteiger partial charge >= 0.3 is 12.1 Å².